The number of fused-ring (bicyclic) bond motifs is 1. The molecule has 1 aliphatic carbocycles. The first-order chi connectivity index (χ1) is 7.86. The summed E-state index contributed by atoms with van der Waals surface area (Å²) in [6, 6.07) is 9.18. The summed E-state index contributed by atoms with van der Waals surface area (Å²) in [6.45, 7) is 2.24. The molecule has 0 aromatic heterocycles. The zero-order chi connectivity index (χ0) is 11.4. The van der Waals surface area contributed by atoms with Crippen LogP contribution in [0.2, 0.25) is 0 Å². The Balaban J connectivity index is 1.92. The summed E-state index contributed by atoms with van der Waals surface area (Å²) < 4.78 is 0. The number of hydrazine groups is 1. The lowest BCUT2D eigenvalue weighted by atomic mass is 9.72. The molecule has 0 amide bonds. The molecular weight excluding hydrogens is 196 g/mol. The van der Waals surface area contributed by atoms with E-state index in [1.165, 1.54) is 43.2 Å². The van der Waals surface area contributed by atoms with Crippen molar-refractivity contribution in [1.29, 1.82) is 0 Å². The minimum Gasteiger partial charge on any atom is -0.271 e. The molecule has 88 valence electrons. The summed E-state index contributed by atoms with van der Waals surface area (Å²) in [4.78, 5) is 0. The van der Waals surface area contributed by atoms with Crippen LogP contribution in [0.25, 0.3) is 0 Å². The Hall–Kier alpha value is -0.860. The zero-order valence-corrected chi connectivity index (χ0v) is 10.1. The lowest BCUT2D eigenvalue weighted by Crippen LogP contribution is -2.43. The highest BCUT2D eigenvalue weighted by molar-refractivity contribution is 5.41. The Morgan fingerprint density at radius 3 is 2.88 bits per heavy atom. The maximum atomic E-state index is 5.67. The Morgan fingerprint density at radius 1 is 1.38 bits per heavy atom. The molecule has 2 nitrogen and oxygen atoms in total. The average Bonchev–Trinajstić information content (AvgIpc) is 2.29. The average molecular weight is 218 g/mol. The van der Waals surface area contributed by atoms with Crippen molar-refractivity contribution in [2.24, 2.45) is 5.84 Å². The first-order valence-corrected chi connectivity index (χ1v) is 6.40. The molecule has 2 heteroatoms. The molecule has 0 saturated carbocycles. The lowest BCUT2D eigenvalue weighted by molar-refractivity contribution is 0.373. The highest BCUT2D eigenvalue weighted by atomic mass is 15.2. The van der Waals surface area contributed by atoms with Gasteiger partial charge in [0.2, 0.25) is 0 Å². The Labute approximate surface area is 98.2 Å². The van der Waals surface area contributed by atoms with E-state index in [2.05, 4.69) is 36.6 Å². The summed E-state index contributed by atoms with van der Waals surface area (Å²) in [5, 5.41) is 0. The minimum absolute atomic E-state index is 0.460. The Bertz CT molecular complexity index is 335. The van der Waals surface area contributed by atoms with E-state index in [0.29, 0.717) is 12.0 Å². The number of rotatable bonds is 6. The molecule has 2 unspecified atom stereocenters. The quantitative estimate of drug-likeness (QED) is 0.438. The Morgan fingerprint density at radius 2 is 2.19 bits per heavy atom. The van der Waals surface area contributed by atoms with Crippen molar-refractivity contribution in [3.8, 4) is 0 Å². The molecule has 1 aromatic carbocycles. The van der Waals surface area contributed by atoms with Gasteiger partial charge >= 0.3 is 0 Å². The van der Waals surface area contributed by atoms with Crippen LogP contribution in [0.4, 0.5) is 0 Å². The van der Waals surface area contributed by atoms with Gasteiger partial charge in [-0.25, -0.2) is 0 Å². The fraction of sp³-hybridized carbons (Fsp3) is 0.571. The maximum Gasteiger partial charge on any atom is 0.0282 e. The zero-order valence-electron chi connectivity index (χ0n) is 10.1. The van der Waals surface area contributed by atoms with E-state index in [4.69, 9.17) is 5.84 Å². The summed E-state index contributed by atoms with van der Waals surface area (Å²) in [5.74, 6) is 6.31. The van der Waals surface area contributed by atoms with Crippen LogP contribution in [0, 0.1) is 0 Å². The second-order valence-corrected chi connectivity index (χ2v) is 4.78. The molecule has 1 aliphatic rings. The van der Waals surface area contributed by atoms with Gasteiger partial charge in [0.1, 0.15) is 0 Å². The van der Waals surface area contributed by atoms with E-state index < -0.39 is 0 Å². The predicted octanol–water partition coefficient (Wildman–Crippen LogP) is 2.74. The van der Waals surface area contributed by atoms with Gasteiger partial charge in [-0.05, 0) is 24.0 Å². The SMILES string of the molecule is CCCCCC(NN)C1Cc2ccccc21. The summed E-state index contributed by atoms with van der Waals surface area (Å²) in [5.41, 5.74) is 6.01. The third-order valence-electron chi connectivity index (χ3n) is 3.71. The topological polar surface area (TPSA) is 38.0 Å². The molecule has 1 aromatic rings. The van der Waals surface area contributed by atoms with Crippen LogP contribution >= 0.6 is 0 Å². The van der Waals surface area contributed by atoms with Gasteiger partial charge in [0.05, 0.1) is 0 Å². The largest absolute Gasteiger partial charge is 0.271 e. The van der Waals surface area contributed by atoms with Crippen molar-refractivity contribution < 1.29 is 0 Å². The lowest BCUT2D eigenvalue weighted by Gasteiger charge is -2.36. The van der Waals surface area contributed by atoms with Gasteiger partial charge in [0.25, 0.3) is 0 Å². The second-order valence-electron chi connectivity index (χ2n) is 4.78. The van der Waals surface area contributed by atoms with Crippen LogP contribution in [0.5, 0.6) is 0 Å². The van der Waals surface area contributed by atoms with Gasteiger partial charge in [0, 0.05) is 12.0 Å². The summed E-state index contributed by atoms with van der Waals surface area (Å²) in [6.07, 6.45) is 6.26. The van der Waals surface area contributed by atoms with Crippen LogP contribution in [0.1, 0.15) is 49.7 Å². The molecule has 3 N–H and O–H groups in total. The van der Waals surface area contributed by atoms with Gasteiger partial charge in [-0.1, -0.05) is 50.5 Å². The highest BCUT2D eigenvalue weighted by Gasteiger charge is 2.31. The van der Waals surface area contributed by atoms with Crippen LogP contribution < -0.4 is 11.3 Å². The molecule has 16 heavy (non-hydrogen) atoms. The molecule has 0 aliphatic heterocycles. The number of nitrogens with two attached hydrogens (primary N) is 1. The molecule has 0 radical (unpaired) electrons. The first-order valence-electron chi connectivity index (χ1n) is 6.40. The normalized spacial score (nSPS) is 20.0. The van der Waals surface area contributed by atoms with Crippen LogP contribution in [0.3, 0.4) is 0 Å². The number of benzene rings is 1. The standard InChI is InChI=1S/C14H22N2/c1-2-3-4-9-14(16-15)13-10-11-7-5-6-8-12(11)13/h5-8,13-14,16H,2-4,9-10,15H2,1H3. The Kier molecular flexibility index (Phi) is 3.97. The van der Waals surface area contributed by atoms with Gasteiger partial charge < -0.3 is 0 Å². The van der Waals surface area contributed by atoms with Crippen LogP contribution in [0.15, 0.2) is 24.3 Å². The predicted molar refractivity (Wildman–Crippen MR) is 68.1 cm³/mol. The molecule has 2 atom stereocenters. The van der Waals surface area contributed by atoms with E-state index >= 15 is 0 Å². The van der Waals surface area contributed by atoms with Gasteiger partial charge in [-0.15, -0.1) is 0 Å². The van der Waals surface area contributed by atoms with Crippen molar-refractivity contribution in [2.45, 2.75) is 51.0 Å². The summed E-state index contributed by atoms with van der Waals surface area (Å²) in [7, 11) is 0. The molecule has 0 spiro atoms. The number of hydrogen-bond donors (Lipinski definition) is 2. The number of hydrogen-bond acceptors (Lipinski definition) is 2. The molecule has 0 fully saturated rings. The van der Waals surface area contributed by atoms with E-state index in [-0.39, 0.29) is 0 Å². The van der Waals surface area contributed by atoms with Crippen LogP contribution in [-0.2, 0) is 6.42 Å². The van der Waals surface area contributed by atoms with Crippen molar-refractivity contribution in [3.63, 3.8) is 0 Å². The fourth-order valence-electron chi connectivity index (χ4n) is 2.67. The van der Waals surface area contributed by atoms with Gasteiger partial charge in [-0.2, -0.15) is 0 Å². The fourth-order valence-corrected chi connectivity index (χ4v) is 2.67. The van der Waals surface area contributed by atoms with E-state index in [0.717, 1.165) is 0 Å². The number of nitrogens with one attached hydrogen (secondary N) is 1. The molecule has 2 rings (SSSR count). The molecule has 0 heterocycles. The van der Waals surface area contributed by atoms with Crippen molar-refractivity contribution in [2.75, 3.05) is 0 Å². The van der Waals surface area contributed by atoms with Crippen molar-refractivity contribution in [3.05, 3.63) is 35.4 Å². The number of unbranched alkanes of at least 4 members (excludes halogenated alkanes) is 2. The molecule has 0 saturated heterocycles. The van der Waals surface area contributed by atoms with Crippen molar-refractivity contribution >= 4 is 0 Å². The highest BCUT2D eigenvalue weighted by Crippen LogP contribution is 2.38. The molecule has 0 bridgehead atoms. The maximum absolute atomic E-state index is 5.67. The monoisotopic (exact) mass is 218 g/mol. The third kappa shape index (κ3) is 2.28. The summed E-state index contributed by atoms with van der Waals surface area (Å²) >= 11 is 0. The van der Waals surface area contributed by atoms with Crippen LogP contribution in [-0.4, -0.2) is 6.04 Å². The second kappa shape index (κ2) is 5.46. The van der Waals surface area contributed by atoms with Gasteiger partial charge in [0.15, 0.2) is 0 Å². The van der Waals surface area contributed by atoms with Crippen molar-refractivity contribution in [1.82, 2.24) is 5.43 Å². The van der Waals surface area contributed by atoms with E-state index in [9.17, 15) is 0 Å². The van der Waals surface area contributed by atoms with E-state index in [1.807, 2.05) is 0 Å². The third-order valence-corrected chi connectivity index (χ3v) is 3.71. The minimum atomic E-state index is 0.460. The first kappa shape index (κ1) is 11.6. The smallest absolute Gasteiger partial charge is 0.0282 e. The van der Waals surface area contributed by atoms with E-state index in [1.54, 1.807) is 0 Å². The molecular formula is C14H22N2. The van der Waals surface area contributed by atoms with Gasteiger partial charge in [-0.3, -0.25) is 11.3 Å².